The highest BCUT2D eigenvalue weighted by molar-refractivity contribution is 6.31. The fraction of sp³-hybridized carbons (Fsp3) is 0.440. The lowest BCUT2D eigenvalue weighted by atomic mass is 10.1. The summed E-state index contributed by atoms with van der Waals surface area (Å²) in [6, 6.07) is 9.68. The monoisotopic (exact) mass is 1050 g/mol. The molecule has 8 rings (SSSR count). The van der Waals surface area contributed by atoms with Gasteiger partial charge in [0.25, 0.3) is 17.0 Å². The van der Waals surface area contributed by atoms with Crippen LogP contribution in [0.1, 0.15) is 94.3 Å². The SMILES string of the molecule is Cn1cnc2c(C#N)c(N3CCC[C@@H](NC(=O)OC(C)(C)C)C3)n(Cc3cc(F)ccc3Cl)c2c1=O.Cn1cnc2c(C(N)=O)c(N3CCC[C@@H](NC(=O)OC(C)(C)C)C3)n(Cc3cc(F)ccc3Cl)c2c1=O. The van der Waals surface area contributed by atoms with Gasteiger partial charge in [-0.1, -0.05) is 23.2 Å². The molecule has 0 aliphatic carbocycles. The smallest absolute Gasteiger partial charge is 0.407 e. The zero-order chi connectivity index (χ0) is 53.3. The number of piperidine rings is 2. The van der Waals surface area contributed by atoms with E-state index in [4.69, 9.17) is 38.4 Å². The number of halogens is 4. The van der Waals surface area contributed by atoms with Crippen molar-refractivity contribution in [3.05, 3.63) is 114 Å². The fourth-order valence-corrected chi connectivity index (χ4v) is 9.44. The van der Waals surface area contributed by atoms with Crippen LogP contribution in [-0.4, -0.2) is 95.8 Å². The number of rotatable bonds is 9. The third kappa shape index (κ3) is 12.2. The highest BCUT2D eigenvalue weighted by atomic mass is 35.5. The van der Waals surface area contributed by atoms with Crippen LogP contribution < -0.4 is 37.3 Å². The predicted octanol–water partition coefficient (Wildman–Crippen LogP) is 7.11. The Balaban J connectivity index is 0.000000214. The van der Waals surface area contributed by atoms with Crippen LogP contribution in [0.15, 0.2) is 58.6 Å². The number of fused-ring (bicyclic) bond motifs is 2. The van der Waals surface area contributed by atoms with Gasteiger partial charge in [0.15, 0.2) is 0 Å². The average molecular weight is 1050 g/mol. The molecule has 2 fully saturated rings. The molecule has 19 nitrogen and oxygen atoms in total. The molecule has 2 aromatic carbocycles. The van der Waals surface area contributed by atoms with E-state index in [0.717, 1.165) is 12.8 Å². The Kier molecular flexibility index (Phi) is 15.8. The first-order chi connectivity index (χ1) is 34.3. The molecule has 4 aromatic heterocycles. The Morgan fingerprint density at radius 2 is 1.16 bits per heavy atom. The van der Waals surface area contributed by atoms with Crippen molar-refractivity contribution in [1.82, 2.24) is 38.9 Å². The van der Waals surface area contributed by atoms with Crippen molar-refractivity contribution < 1.29 is 32.6 Å². The van der Waals surface area contributed by atoms with Crippen molar-refractivity contribution in [2.24, 2.45) is 19.8 Å². The maximum atomic E-state index is 14.1. The molecule has 0 unspecified atom stereocenters. The van der Waals surface area contributed by atoms with Gasteiger partial charge in [0.1, 0.15) is 73.7 Å². The number of aromatic nitrogens is 6. The van der Waals surface area contributed by atoms with Crippen molar-refractivity contribution in [3.63, 3.8) is 0 Å². The molecule has 23 heteroatoms. The number of nitrogens with one attached hydrogen (secondary N) is 2. The quantitative estimate of drug-likeness (QED) is 0.132. The topological polar surface area (TPSA) is 230 Å². The van der Waals surface area contributed by atoms with Gasteiger partial charge in [0, 0.05) is 62.4 Å². The molecular formula is C50H58Cl2F2N12O7. The minimum atomic E-state index is -0.757. The number of carbonyl (C=O) groups is 3. The summed E-state index contributed by atoms with van der Waals surface area (Å²) in [5.74, 6) is -0.850. The first-order valence-electron chi connectivity index (χ1n) is 23.6. The maximum Gasteiger partial charge on any atom is 0.407 e. The van der Waals surface area contributed by atoms with Gasteiger partial charge in [0.2, 0.25) is 0 Å². The molecule has 0 radical (unpaired) electrons. The van der Waals surface area contributed by atoms with E-state index < -0.39 is 46.5 Å². The maximum absolute atomic E-state index is 14.1. The Bertz CT molecular complexity index is 3280. The standard InChI is InChI=1S/C25H30ClFN6O4.C25H28ClFN6O3/c1-25(2,3)37-24(36)30-16-6-5-9-32(12-16)22-18(21(28)34)19-20(23(35)31(4)13-29-19)33(22)11-14-10-15(27)7-8-17(14)26;1-25(2,3)36-24(35)30-17-6-5-9-32(13-17)22-18(11-28)20-21(23(34)31(4)14-29-20)33(22)12-15-10-16(27)7-8-19(15)26/h7-8,10,13,16H,5-6,9,11-12H2,1-4H3,(H2,28,34)(H,30,36);7-8,10,14,17H,5-6,9,12-13H2,1-4H3,(H,30,35)/t16-;17-/m11/s1. The molecule has 388 valence electrons. The van der Waals surface area contributed by atoms with Crippen molar-refractivity contribution in [3.8, 4) is 6.07 Å². The van der Waals surface area contributed by atoms with Crippen LogP contribution in [-0.2, 0) is 36.7 Å². The van der Waals surface area contributed by atoms with E-state index >= 15 is 0 Å². The third-order valence-corrected chi connectivity index (χ3v) is 12.8. The summed E-state index contributed by atoms with van der Waals surface area (Å²) in [6.45, 7) is 12.6. The summed E-state index contributed by atoms with van der Waals surface area (Å²) >= 11 is 12.7. The van der Waals surface area contributed by atoms with Crippen molar-refractivity contribution >= 4 is 75.0 Å². The van der Waals surface area contributed by atoms with Crippen LogP contribution in [0.2, 0.25) is 10.0 Å². The van der Waals surface area contributed by atoms with Crippen LogP contribution in [0.25, 0.3) is 22.1 Å². The van der Waals surface area contributed by atoms with Crippen LogP contribution >= 0.6 is 23.2 Å². The summed E-state index contributed by atoms with van der Waals surface area (Å²) in [5.41, 5.74) is 5.81. The zero-order valence-electron chi connectivity index (χ0n) is 41.8. The van der Waals surface area contributed by atoms with E-state index in [0.29, 0.717) is 71.8 Å². The van der Waals surface area contributed by atoms with E-state index in [9.17, 15) is 38.0 Å². The number of aryl methyl sites for hydroxylation is 2. The van der Waals surface area contributed by atoms with Gasteiger partial charge in [-0.15, -0.1) is 0 Å². The number of anilines is 2. The second-order valence-electron chi connectivity index (χ2n) is 20.1. The molecule has 6 heterocycles. The minimum Gasteiger partial charge on any atom is -0.444 e. The first kappa shape index (κ1) is 53.6. The predicted molar refractivity (Wildman–Crippen MR) is 273 cm³/mol. The number of benzene rings is 2. The summed E-state index contributed by atoms with van der Waals surface area (Å²) in [5, 5.41) is 16.5. The molecule has 73 heavy (non-hydrogen) atoms. The number of amides is 3. The highest BCUT2D eigenvalue weighted by Crippen LogP contribution is 2.36. The number of nitrogens with zero attached hydrogens (tertiary/aromatic N) is 9. The van der Waals surface area contributed by atoms with Gasteiger partial charge in [-0.05, 0) is 115 Å². The molecule has 0 saturated carbocycles. The van der Waals surface area contributed by atoms with Crippen LogP contribution in [0.3, 0.4) is 0 Å². The second kappa shape index (κ2) is 21.5. The second-order valence-corrected chi connectivity index (χ2v) is 20.9. The molecule has 2 aliphatic rings. The molecule has 2 saturated heterocycles. The lowest BCUT2D eigenvalue weighted by Gasteiger charge is -2.36. The van der Waals surface area contributed by atoms with Crippen LogP contribution in [0.5, 0.6) is 0 Å². The summed E-state index contributed by atoms with van der Waals surface area (Å²) in [4.78, 5) is 76.5. The van der Waals surface area contributed by atoms with Crippen LogP contribution in [0, 0.1) is 23.0 Å². The van der Waals surface area contributed by atoms with E-state index in [1.165, 1.54) is 58.2 Å². The molecule has 2 atom stereocenters. The van der Waals surface area contributed by atoms with Crippen molar-refractivity contribution in [2.75, 3.05) is 36.0 Å². The molecule has 6 aromatic rings. The zero-order valence-corrected chi connectivity index (χ0v) is 43.3. The minimum absolute atomic E-state index is 0.00268. The van der Waals surface area contributed by atoms with Gasteiger partial charge >= 0.3 is 12.2 Å². The van der Waals surface area contributed by atoms with Gasteiger partial charge in [-0.25, -0.2) is 28.3 Å². The summed E-state index contributed by atoms with van der Waals surface area (Å²) < 4.78 is 44.9. The van der Waals surface area contributed by atoms with E-state index in [2.05, 4.69) is 26.7 Å². The van der Waals surface area contributed by atoms with Crippen molar-refractivity contribution in [1.29, 1.82) is 5.26 Å². The van der Waals surface area contributed by atoms with E-state index in [1.807, 2.05) is 9.80 Å². The molecule has 3 amide bonds. The fourth-order valence-electron chi connectivity index (χ4n) is 9.09. The number of primary amides is 1. The number of ether oxygens (including phenoxy) is 2. The van der Waals surface area contributed by atoms with Crippen molar-refractivity contribution in [2.45, 2.75) is 104 Å². The van der Waals surface area contributed by atoms with Crippen LogP contribution in [0.4, 0.5) is 30.0 Å². The number of carbonyl (C=O) groups excluding carboxylic acids is 3. The van der Waals surface area contributed by atoms with Gasteiger partial charge in [-0.3, -0.25) is 14.4 Å². The van der Waals surface area contributed by atoms with E-state index in [1.54, 1.807) is 64.8 Å². The molecular weight excluding hydrogens is 990 g/mol. The number of hydrogen-bond donors (Lipinski definition) is 3. The van der Waals surface area contributed by atoms with Gasteiger partial charge in [0.05, 0.1) is 25.7 Å². The average Bonchev–Trinajstić information content (AvgIpc) is 3.80. The summed E-state index contributed by atoms with van der Waals surface area (Å²) in [6.07, 6.45) is 4.48. The number of hydrogen-bond acceptors (Lipinski definition) is 12. The molecule has 2 aliphatic heterocycles. The molecule has 4 N–H and O–H groups in total. The Labute approximate surface area is 429 Å². The Hall–Kier alpha value is -7.18. The largest absolute Gasteiger partial charge is 0.444 e. The van der Waals surface area contributed by atoms with E-state index in [-0.39, 0.29) is 63.9 Å². The van der Waals surface area contributed by atoms with Gasteiger partial charge in [-0.2, -0.15) is 5.26 Å². The lowest BCUT2D eigenvalue weighted by Crippen LogP contribution is -2.49. The Morgan fingerprint density at radius 1 is 0.740 bits per heavy atom. The van der Waals surface area contributed by atoms with Gasteiger partial charge < -0.3 is 53.9 Å². The summed E-state index contributed by atoms with van der Waals surface area (Å²) in [7, 11) is 3.13. The number of nitrogens with two attached hydrogens (primary N) is 1. The third-order valence-electron chi connectivity index (χ3n) is 12.1. The molecule has 0 bridgehead atoms. The molecule has 0 spiro atoms. The highest BCUT2D eigenvalue weighted by Gasteiger charge is 2.34. The number of nitriles is 1. The normalized spacial score (nSPS) is 16.2. The Morgan fingerprint density at radius 3 is 1.60 bits per heavy atom. The number of alkyl carbamates (subject to hydrolysis) is 2. The lowest BCUT2D eigenvalue weighted by molar-refractivity contribution is 0.0488. The first-order valence-corrected chi connectivity index (χ1v) is 24.3.